The number of phenolic OH excluding ortho intramolecular Hbond substituents is 1. The average molecular weight is 286 g/mol. The van der Waals surface area contributed by atoms with Gasteiger partial charge in [-0.25, -0.2) is 0 Å². The summed E-state index contributed by atoms with van der Waals surface area (Å²) in [5.74, 6) is 0.0390. The number of ether oxygens (including phenoxy) is 2. The molecule has 7 nitrogen and oxygen atoms in total. The molecule has 1 fully saturated rings. The number of para-hydroxylation sites is 1. The van der Waals surface area contributed by atoms with Crippen molar-refractivity contribution in [3.05, 3.63) is 29.8 Å². The van der Waals surface area contributed by atoms with Gasteiger partial charge in [-0.1, -0.05) is 18.2 Å². The lowest BCUT2D eigenvalue weighted by Crippen LogP contribution is -2.59. The molecule has 5 atom stereocenters. The fourth-order valence-electron chi connectivity index (χ4n) is 2.01. The first kappa shape index (κ1) is 15.2. The highest BCUT2D eigenvalue weighted by Crippen LogP contribution is 2.24. The number of benzene rings is 1. The smallest absolute Gasteiger partial charge is 0.187 e. The van der Waals surface area contributed by atoms with E-state index in [0.29, 0.717) is 5.56 Å². The zero-order valence-electron chi connectivity index (χ0n) is 10.7. The predicted molar refractivity (Wildman–Crippen MR) is 66.7 cm³/mol. The summed E-state index contributed by atoms with van der Waals surface area (Å²) in [4.78, 5) is 0. The molecule has 2 rings (SSSR count). The number of aliphatic hydroxyl groups is 4. The maximum absolute atomic E-state index is 9.76. The first-order valence-corrected chi connectivity index (χ1v) is 6.23. The summed E-state index contributed by atoms with van der Waals surface area (Å²) >= 11 is 0. The van der Waals surface area contributed by atoms with Crippen molar-refractivity contribution in [3.8, 4) is 5.75 Å². The molecule has 1 heterocycles. The third-order valence-electron chi connectivity index (χ3n) is 3.24. The van der Waals surface area contributed by atoms with E-state index >= 15 is 0 Å². The van der Waals surface area contributed by atoms with Gasteiger partial charge in [-0.3, -0.25) is 0 Å². The van der Waals surface area contributed by atoms with Crippen LogP contribution in [0.5, 0.6) is 5.75 Å². The minimum absolute atomic E-state index is 0.0390. The van der Waals surface area contributed by atoms with E-state index in [9.17, 15) is 20.4 Å². The van der Waals surface area contributed by atoms with E-state index in [1.165, 1.54) is 6.07 Å². The minimum Gasteiger partial charge on any atom is -0.508 e. The molecule has 20 heavy (non-hydrogen) atoms. The molecular weight excluding hydrogens is 268 g/mol. The Hall–Kier alpha value is -1.22. The highest BCUT2D eigenvalue weighted by Gasteiger charge is 2.43. The lowest BCUT2D eigenvalue weighted by atomic mass is 9.99. The van der Waals surface area contributed by atoms with Gasteiger partial charge >= 0.3 is 0 Å². The lowest BCUT2D eigenvalue weighted by Gasteiger charge is -2.39. The van der Waals surface area contributed by atoms with Crippen LogP contribution in [0.2, 0.25) is 0 Å². The van der Waals surface area contributed by atoms with Crippen LogP contribution >= 0.6 is 0 Å². The third kappa shape index (κ3) is 3.09. The Bertz CT molecular complexity index is 436. The highest BCUT2D eigenvalue weighted by molar-refractivity contribution is 5.30. The zero-order chi connectivity index (χ0) is 14.7. The van der Waals surface area contributed by atoms with Crippen molar-refractivity contribution in [1.29, 1.82) is 0 Å². The van der Waals surface area contributed by atoms with Crippen molar-refractivity contribution in [2.45, 2.75) is 37.3 Å². The Morgan fingerprint density at radius 1 is 1.05 bits per heavy atom. The van der Waals surface area contributed by atoms with Gasteiger partial charge in [0.25, 0.3) is 0 Å². The van der Waals surface area contributed by atoms with Crippen molar-refractivity contribution in [1.82, 2.24) is 0 Å². The molecule has 0 spiro atoms. The normalized spacial score (nSPS) is 34.1. The van der Waals surface area contributed by atoms with Gasteiger partial charge in [0, 0.05) is 5.56 Å². The van der Waals surface area contributed by atoms with Gasteiger partial charge in [-0.2, -0.15) is 0 Å². The number of hydrogen-bond donors (Lipinski definition) is 5. The summed E-state index contributed by atoms with van der Waals surface area (Å²) in [6, 6.07) is 6.50. The van der Waals surface area contributed by atoms with Crippen LogP contribution in [0.15, 0.2) is 24.3 Å². The van der Waals surface area contributed by atoms with Crippen LogP contribution in [0.4, 0.5) is 0 Å². The fraction of sp³-hybridized carbons (Fsp3) is 0.538. The van der Waals surface area contributed by atoms with Crippen LogP contribution in [0.25, 0.3) is 0 Å². The Labute approximate surface area is 115 Å². The van der Waals surface area contributed by atoms with E-state index in [2.05, 4.69) is 0 Å². The number of aromatic hydroxyl groups is 1. The summed E-state index contributed by atoms with van der Waals surface area (Å²) in [7, 11) is 0. The van der Waals surface area contributed by atoms with Crippen LogP contribution < -0.4 is 0 Å². The lowest BCUT2D eigenvalue weighted by molar-refractivity contribution is -0.304. The molecule has 1 aliphatic rings. The number of aliphatic hydroxyl groups excluding tert-OH is 4. The van der Waals surface area contributed by atoms with Crippen molar-refractivity contribution < 1.29 is 35.0 Å². The molecule has 0 bridgehead atoms. The van der Waals surface area contributed by atoms with Crippen molar-refractivity contribution in [2.24, 2.45) is 0 Å². The van der Waals surface area contributed by atoms with E-state index in [1.807, 2.05) is 0 Å². The van der Waals surface area contributed by atoms with Gasteiger partial charge in [0.1, 0.15) is 30.2 Å². The van der Waals surface area contributed by atoms with Gasteiger partial charge < -0.3 is 35.0 Å². The van der Waals surface area contributed by atoms with E-state index in [-0.39, 0.29) is 12.4 Å². The number of hydrogen-bond acceptors (Lipinski definition) is 7. The van der Waals surface area contributed by atoms with Gasteiger partial charge in [0.05, 0.1) is 13.2 Å². The predicted octanol–water partition coefficient (Wildman–Crippen LogP) is -1.29. The first-order chi connectivity index (χ1) is 9.54. The maximum atomic E-state index is 9.76. The Morgan fingerprint density at radius 3 is 2.40 bits per heavy atom. The maximum Gasteiger partial charge on any atom is 0.187 e. The molecule has 1 saturated heterocycles. The van der Waals surface area contributed by atoms with E-state index in [1.54, 1.807) is 18.2 Å². The number of phenols is 1. The van der Waals surface area contributed by atoms with Crippen molar-refractivity contribution in [3.63, 3.8) is 0 Å². The first-order valence-electron chi connectivity index (χ1n) is 6.23. The summed E-state index contributed by atoms with van der Waals surface area (Å²) in [6.45, 7) is -0.559. The molecule has 1 aliphatic heterocycles. The van der Waals surface area contributed by atoms with Gasteiger partial charge in [-0.15, -0.1) is 0 Å². The van der Waals surface area contributed by atoms with Crippen LogP contribution in [0.1, 0.15) is 5.56 Å². The SMILES string of the molecule is OC[C@H]1O[C@@H](OCc2ccccc2O)[C@H](O)[C@@H](O)[C@H]1O. The van der Waals surface area contributed by atoms with Crippen LogP contribution in [0, 0.1) is 0 Å². The molecule has 0 radical (unpaired) electrons. The Balaban J connectivity index is 2.00. The molecule has 5 N–H and O–H groups in total. The fourth-order valence-corrected chi connectivity index (χ4v) is 2.01. The molecule has 0 unspecified atom stereocenters. The summed E-state index contributed by atoms with van der Waals surface area (Å²) < 4.78 is 10.5. The minimum atomic E-state index is -1.48. The highest BCUT2D eigenvalue weighted by atomic mass is 16.7. The Kier molecular flexibility index (Phi) is 4.92. The molecule has 7 heteroatoms. The molecule has 1 aromatic carbocycles. The molecular formula is C13H18O7. The summed E-state index contributed by atoms with van der Waals surface area (Å²) in [5.41, 5.74) is 0.490. The van der Waals surface area contributed by atoms with Gasteiger partial charge in [-0.05, 0) is 6.07 Å². The van der Waals surface area contributed by atoms with Crippen LogP contribution in [0.3, 0.4) is 0 Å². The average Bonchev–Trinajstić information content (AvgIpc) is 2.46. The van der Waals surface area contributed by atoms with Crippen LogP contribution in [-0.4, -0.2) is 62.8 Å². The monoisotopic (exact) mass is 286 g/mol. The summed E-state index contributed by atoms with van der Waals surface area (Å²) in [6.07, 6.45) is -6.55. The summed E-state index contributed by atoms with van der Waals surface area (Å²) in [5, 5.41) is 47.6. The second kappa shape index (κ2) is 6.49. The topological polar surface area (TPSA) is 120 Å². The van der Waals surface area contributed by atoms with Gasteiger partial charge in [0.2, 0.25) is 0 Å². The van der Waals surface area contributed by atoms with E-state index in [4.69, 9.17) is 14.6 Å². The quantitative estimate of drug-likeness (QED) is 0.467. The molecule has 0 saturated carbocycles. The van der Waals surface area contributed by atoms with Crippen LogP contribution in [-0.2, 0) is 16.1 Å². The molecule has 112 valence electrons. The van der Waals surface area contributed by atoms with Crippen molar-refractivity contribution >= 4 is 0 Å². The number of rotatable bonds is 4. The van der Waals surface area contributed by atoms with Crippen molar-refractivity contribution in [2.75, 3.05) is 6.61 Å². The molecule has 0 aromatic heterocycles. The van der Waals surface area contributed by atoms with E-state index in [0.717, 1.165) is 0 Å². The van der Waals surface area contributed by atoms with Gasteiger partial charge in [0.15, 0.2) is 6.29 Å². The second-order valence-electron chi connectivity index (χ2n) is 4.64. The zero-order valence-corrected chi connectivity index (χ0v) is 10.7. The Morgan fingerprint density at radius 2 is 1.75 bits per heavy atom. The molecule has 0 aliphatic carbocycles. The second-order valence-corrected chi connectivity index (χ2v) is 4.64. The largest absolute Gasteiger partial charge is 0.508 e. The molecule has 1 aromatic rings. The standard InChI is InChI=1S/C13H18O7/c14-5-9-10(16)11(17)12(18)13(20-9)19-6-7-3-1-2-4-8(7)15/h1-4,9-18H,5-6H2/t9-,10+,11+,12-,13-/m1/s1. The third-order valence-corrected chi connectivity index (χ3v) is 3.24. The van der Waals surface area contributed by atoms with E-state index < -0.39 is 37.3 Å². The molecule has 0 amide bonds.